The van der Waals surface area contributed by atoms with Crippen LogP contribution >= 0.6 is 0 Å². The molecule has 20 heteroatoms. The van der Waals surface area contributed by atoms with Crippen molar-refractivity contribution in [3.05, 3.63) is 0 Å². The Bertz CT molecular complexity index is 498. The van der Waals surface area contributed by atoms with Gasteiger partial charge in [0, 0.05) is 0 Å². The fourth-order valence-corrected chi connectivity index (χ4v) is 0.773. The van der Waals surface area contributed by atoms with Gasteiger partial charge in [-0.3, -0.25) is 0 Å². The number of rotatable bonds is 9. The quantitative estimate of drug-likeness (QED) is 0.161. The molecule has 0 aromatic carbocycles. The molecule has 0 fully saturated rings. The Morgan fingerprint density at radius 1 is 0.344 bits per heavy atom. The third kappa shape index (κ3) is 17.3. The Balaban J connectivity index is -0.000000110. The second kappa shape index (κ2) is 19.3. The van der Waals surface area contributed by atoms with Gasteiger partial charge in [0.05, 0.1) is 35.8 Å². The summed E-state index contributed by atoms with van der Waals surface area (Å²) in [7, 11) is 0. The molecule has 0 radical (unpaired) electrons. The van der Waals surface area contributed by atoms with Gasteiger partial charge >= 0.3 is 34.7 Å². The minimum atomic E-state index is -2.44. The van der Waals surface area contributed by atoms with E-state index in [0.717, 1.165) is 0 Å². The van der Waals surface area contributed by atoms with Crippen molar-refractivity contribution >= 4 is 70.5 Å². The fourth-order valence-electron chi connectivity index (χ4n) is 0.773. The summed E-state index contributed by atoms with van der Waals surface area (Å²) >= 11 is 0. The van der Waals surface area contributed by atoms with Crippen LogP contribution in [0.25, 0.3) is 0 Å². The van der Waals surface area contributed by atoms with Gasteiger partial charge in [0.2, 0.25) is 0 Å². The number of aliphatic hydroxyl groups is 6. The average molecular weight is 498 g/mol. The summed E-state index contributed by atoms with van der Waals surface area (Å²) in [6.07, 6.45) is -14.6. The number of hydrogen-bond donors (Lipinski definition) is 6. The maximum absolute atomic E-state index is 9.63. The van der Waals surface area contributed by atoms with Gasteiger partial charge < -0.3 is 90.0 Å². The molecule has 0 saturated heterocycles. The van der Waals surface area contributed by atoms with Crippen molar-refractivity contribution in [3.8, 4) is 0 Å². The van der Waals surface area contributed by atoms with Crippen LogP contribution in [0.1, 0.15) is 0 Å². The third-order valence-corrected chi connectivity index (χ3v) is 2.35. The molecule has 6 N–H and O–H groups in total. The molecular weight excluding hydrogens is 486 g/mol. The SMILES string of the molecule is O=C([O-])C(O)C(O)C(=O)[O-].O=C([O-])C(O)C(O)C(=O)[O-].O=C([O-])C(O)C(O)C(=O)[O-].[Al+3].[Al+3]. The van der Waals surface area contributed by atoms with Crippen molar-refractivity contribution in [1.29, 1.82) is 0 Å². The van der Waals surface area contributed by atoms with E-state index in [1.165, 1.54) is 0 Å². The van der Waals surface area contributed by atoms with E-state index < -0.39 is 72.4 Å². The predicted octanol–water partition coefficient (Wildman–Crippen LogP) is -15.1. The second-order valence-corrected chi connectivity index (χ2v) is 4.58. The summed E-state index contributed by atoms with van der Waals surface area (Å²) in [5.41, 5.74) is 0. The van der Waals surface area contributed by atoms with Gasteiger partial charge in [-0.2, -0.15) is 0 Å². The molecule has 6 atom stereocenters. The Morgan fingerprint density at radius 3 is 0.438 bits per heavy atom. The first-order valence-electron chi connectivity index (χ1n) is 6.73. The Morgan fingerprint density at radius 2 is 0.406 bits per heavy atom. The van der Waals surface area contributed by atoms with Gasteiger partial charge in [-0.25, -0.2) is 0 Å². The number of hydrogen-bond acceptors (Lipinski definition) is 18. The standard InChI is InChI=1S/3C4H6O6.2Al/c3*5-1(3(7)8)2(6)4(9)10;;/h3*1-2,5-6H,(H,7,8)(H,9,10);;/q;;;2*+3/p-6. The molecular formula is C12H12Al2O18. The average Bonchev–Trinajstić information content (AvgIpc) is 2.64. The molecule has 32 heavy (non-hydrogen) atoms. The zero-order chi connectivity index (χ0) is 24.9. The smallest absolute Gasteiger partial charge is 0.547 e. The van der Waals surface area contributed by atoms with Crippen LogP contribution in [0.2, 0.25) is 0 Å². The molecule has 0 rings (SSSR count). The normalized spacial score (nSPS) is 14.8. The molecule has 0 aliphatic rings. The molecule has 0 aliphatic heterocycles. The number of carbonyl (C=O) groups is 6. The van der Waals surface area contributed by atoms with E-state index in [-0.39, 0.29) is 34.7 Å². The van der Waals surface area contributed by atoms with Crippen molar-refractivity contribution < 1.29 is 90.0 Å². The summed E-state index contributed by atoms with van der Waals surface area (Å²) in [5.74, 6) is -12.4. The first-order chi connectivity index (χ1) is 13.4. The molecule has 0 amide bonds. The summed E-state index contributed by atoms with van der Waals surface area (Å²) < 4.78 is 0. The minimum Gasteiger partial charge on any atom is -0.547 e. The predicted molar refractivity (Wildman–Crippen MR) is 77.6 cm³/mol. The van der Waals surface area contributed by atoms with Crippen LogP contribution in [0.4, 0.5) is 0 Å². The Labute approximate surface area is 197 Å². The zero-order valence-corrected chi connectivity index (χ0v) is 17.5. The molecule has 18 nitrogen and oxygen atoms in total. The molecule has 0 aliphatic carbocycles. The first-order valence-corrected chi connectivity index (χ1v) is 6.73. The van der Waals surface area contributed by atoms with E-state index in [2.05, 4.69) is 0 Å². The van der Waals surface area contributed by atoms with Crippen LogP contribution < -0.4 is 30.6 Å². The molecule has 0 spiro atoms. The van der Waals surface area contributed by atoms with Crippen molar-refractivity contribution in [1.82, 2.24) is 0 Å². The molecule has 0 aromatic rings. The number of carbonyl (C=O) groups excluding carboxylic acids is 6. The fraction of sp³-hybridized carbons (Fsp3) is 0.500. The minimum absolute atomic E-state index is 0. The van der Waals surface area contributed by atoms with Crippen LogP contribution in [0.3, 0.4) is 0 Å². The number of aliphatic hydroxyl groups excluding tert-OH is 6. The maximum atomic E-state index is 9.63. The van der Waals surface area contributed by atoms with Gasteiger partial charge in [0.1, 0.15) is 36.6 Å². The molecule has 0 saturated carbocycles. The van der Waals surface area contributed by atoms with Gasteiger partial charge in [-0.05, 0) is 0 Å². The summed E-state index contributed by atoms with van der Waals surface area (Å²) in [6.45, 7) is 0. The van der Waals surface area contributed by atoms with Crippen LogP contribution in [0, 0.1) is 0 Å². The van der Waals surface area contributed by atoms with E-state index in [0.29, 0.717) is 0 Å². The van der Waals surface area contributed by atoms with Crippen molar-refractivity contribution in [3.63, 3.8) is 0 Å². The van der Waals surface area contributed by atoms with E-state index in [1.807, 2.05) is 0 Å². The van der Waals surface area contributed by atoms with E-state index in [9.17, 15) is 59.4 Å². The molecule has 6 unspecified atom stereocenters. The molecule has 0 aromatic heterocycles. The topological polar surface area (TPSA) is 362 Å². The summed E-state index contributed by atoms with van der Waals surface area (Å²) in [6, 6.07) is 0. The van der Waals surface area contributed by atoms with Gasteiger partial charge in [-0.15, -0.1) is 0 Å². The molecule has 0 bridgehead atoms. The largest absolute Gasteiger partial charge is 3.00 e. The van der Waals surface area contributed by atoms with Gasteiger partial charge in [-0.1, -0.05) is 0 Å². The van der Waals surface area contributed by atoms with Crippen LogP contribution in [0.5, 0.6) is 0 Å². The number of carboxylic acid groups (broad SMARTS) is 6. The van der Waals surface area contributed by atoms with Crippen LogP contribution in [0.15, 0.2) is 0 Å². The van der Waals surface area contributed by atoms with Crippen molar-refractivity contribution in [2.45, 2.75) is 36.6 Å². The molecule has 174 valence electrons. The van der Waals surface area contributed by atoms with Crippen molar-refractivity contribution in [2.24, 2.45) is 0 Å². The number of aliphatic carboxylic acids is 6. The monoisotopic (exact) mass is 498 g/mol. The van der Waals surface area contributed by atoms with Crippen LogP contribution in [-0.2, 0) is 28.8 Å². The van der Waals surface area contributed by atoms with Crippen LogP contribution in [-0.4, -0.2) is 138 Å². The van der Waals surface area contributed by atoms with E-state index >= 15 is 0 Å². The molecule has 0 heterocycles. The van der Waals surface area contributed by atoms with Crippen molar-refractivity contribution in [2.75, 3.05) is 0 Å². The third-order valence-electron chi connectivity index (χ3n) is 2.35. The van der Waals surface area contributed by atoms with Gasteiger partial charge in [0.15, 0.2) is 0 Å². The first kappa shape index (κ1) is 40.0. The Kier molecular flexibility index (Phi) is 24.2. The Hall–Kier alpha value is -2.36. The van der Waals surface area contributed by atoms with Gasteiger partial charge in [0.25, 0.3) is 0 Å². The zero-order valence-electron chi connectivity index (χ0n) is 15.2. The number of carboxylic acids is 6. The second-order valence-electron chi connectivity index (χ2n) is 4.58. The summed E-state index contributed by atoms with van der Waals surface area (Å²) in [4.78, 5) is 57.8. The summed E-state index contributed by atoms with van der Waals surface area (Å²) in [5, 5.41) is 107. The maximum Gasteiger partial charge on any atom is 3.00 e. The van der Waals surface area contributed by atoms with E-state index in [4.69, 9.17) is 30.6 Å². The van der Waals surface area contributed by atoms with E-state index in [1.54, 1.807) is 0 Å².